The van der Waals surface area contributed by atoms with Gasteiger partial charge < -0.3 is 14.8 Å². The van der Waals surface area contributed by atoms with Crippen LogP contribution in [0.15, 0.2) is 41.8 Å². The number of ether oxygens (including phenoxy) is 2. The molecule has 10 heteroatoms. The van der Waals surface area contributed by atoms with Gasteiger partial charge in [0.1, 0.15) is 0 Å². The molecule has 9 nitrogen and oxygen atoms in total. The van der Waals surface area contributed by atoms with Gasteiger partial charge in [0.25, 0.3) is 5.91 Å². The number of carbonyl (C=O) groups excluding carboxylic acids is 4. The van der Waals surface area contributed by atoms with Gasteiger partial charge in [-0.05, 0) is 23.6 Å². The molecule has 0 aliphatic carbocycles. The third kappa shape index (κ3) is 5.81. The molecule has 2 aromatic rings. The number of nitrogens with one attached hydrogen (secondary N) is 2. The number of methoxy groups -OCH3 is 1. The molecule has 0 atom stereocenters. The standard InChI is InChI=1S/C18H19N3O6S/c1-21(18(25)26-2)14-8-4-3-7-13(14)16(23)27-11-15(22)20-17(24)19-10-12-6-5-9-28-12/h3-9H,10-11H2,1-2H3,(H2,19,20,22,24). The topological polar surface area (TPSA) is 114 Å². The van der Waals surface area contributed by atoms with E-state index in [9.17, 15) is 19.2 Å². The maximum atomic E-state index is 12.3. The quantitative estimate of drug-likeness (QED) is 0.712. The fourth-order valence-electron chi connectivity index (χ4n) is 2.17. The Morgan fingerprint density at radius 1 is 1.11 bits per heavy atom. The van der Waals surface area contributed by atoms with Crippen LogP contribution in [-0.4, -0.2) is 44.8 Å². The Morgan fingerprint density at radius 2 is 1.86 bits per heavy atom. The number of hydrogen-bond acceptors (Lipinski definition) is 7. The van der Waals surface area contributed by atoms with Crippen molar-refractivity contribution in [1.29, 1.82) is 0 Å². The zero-order valence-electron chi connectivity index (χ0n) is 15.3. The minimum Gasteiger partial charge on any atom is -0.452 e. The predicted octanol–water partition coefficient (Wildman–Crippen LogP) is 2.13. The highest BCUT2D eigenvalue weighted by Crippen LogP contribution is 2.20. The molecule has 0 radical (unpaired) electrons. The average Bonchev–Trinajstić information content (AvgIpc) is 3.23. The number of rotatable bonds is 6. The second-order valence-electron chi connectivity index (χ2n) is 5.43. The lowest BCUT2D eigenvalue weighted by Crippen LogP contribution is -2.41. The minimum absolute atomic E-state index is 0.0744. The number of benzene rings is 1. The van der Waals surface area contributed by atoms with Gasteiger partial charge in [-0.1, -0.05) is 18.2 Å². The van der Waals surface area contributed by atoms with Gasteiger partial charge in [-0.15, -0.1) is 11.3 Å². The van der Waals surface area contributed by atoms with E-state index in [-0.39, 0.29) is 17.8 Å². The van der Waals surface area contributed by atoms with Crippen molar-refractivity contribution in [1.82, 2.24) is 10.6 Å². The zero-order valence-corrected chi connectivity index (χ0v) is 16.1. The molecule has 0 saturated heterocycles. The third-order valence-corrected chi connectivity index (χ3v) is 4.40. The molecular weight excluding hydrogens is 386 g/mol. The van der Waals surface area contributed by atoms with Crippen molar-refractivity contribution in [3.63, 3.8) is 0 Å². The van der Waals surface area contributed by atoms with Crippen LogP contribution in [0.5, 0.6) is 0 Å². The fourth-order valence-corrected chi connectivity index (χ4v) is 2.81. The predicted molar refractivity (Wildman–Crippen MR) is 102 cm³/mol. The molecule has 0 fully saturated rings. The monoisotopic (exact) mass is 405 g/mol. The first kappa shape index (κ1) is 20.9. The number of para-hydroxylation sites is 1. The van der Waals surface area contributed by atoms with E-state index in [2.05, 4.69) is 15.4 Å². The molecule has 0 saturated carbocycles. The molecule has 2 rings (SSSR count). The Kier molecular flexibility index (Phi) is 7.52. The van der Waals surface area contributed by atoms with Gasteiger partial charge in [-0.3, -0.25) is 15.0 Å². The third-order valence-electron chi connectivity index (χ3n) is 3.52. The summed E-state index contributed by atoms with van der Waals surface area (Å²) in [5.74, 6) is -1.60. The number of anilines is 1. The molecule has 0 aliphatic heterocycles. The summed E-state index contributed by atoms with van der Waals surface area (Å²) >= 11 is 1.47. The van der Waals surface area contributed by atoms with Crippen LogP contribution in [-0.2, 0) is 20.8 Å². The summed E-state index contributed by atoms with van der Waals surface area (Å²) in [7, 11) is 2.65. The lowest BCUT2D eigenvalue weighted by atomic mass is 10.1. The van der Waals surface area contributed by atoms with E-state index < -0.39 is 30.6 Å². The van der Waals surface area contributed by atoms with Crippen LogP contribution in [0.1, 0.15) is 15.2 Å². The van der Waals surface area contributed by atoms with E-state index in [4.69, 9.17) is 4.74 Å². The van der Waals surface area contributed by atoms with Crippen molar-refractivity contribution in [3.8, 4) is 0 Å². The molecule has 0 aliphatic rings. The van der Waals surface area contributed by atoms with Gasteiger partial charge in [0, 0.05) is 11.9 Å². The van der Waals surface area contributed by atoms with Crippen molar-refractivity contribution >= 4 is 41.0 Å². The second-order valence-corrected chi connectivity index (χ2v) is 6.46. The molecule has 0 bridgehead atoms. The maximum absolute atomic E-state index is 12.3. The number of esters is 1. The van der Waals surface area contributed by atoms with Gasteiger partial charge in [0.15, 0.2) is 6.61 Å². The van der Waals surface area contributed by atoms with Crippen molar-refractivity contribution in [2.75, 3.05) is 25.7 Å². The Bertz CT molecular complexity index is 853. The molecule has 0 unspecified atom stereocenters. The molecular formula is C18H19N3O6S. The first-order valence-electron chi connectivity index (χ1n) is 8.10. The fraction of sp³-hybridized carbons (Fsp3) is 0.222. The largest absolute Gasteiger partial charge is 0.452 e. The van der Waals surface area contributed by atoms with Crippen molar-refractivity contribution in [2.45, 2.75) is 6.54 Å². The molecule has 1 aromatic carbocycles. The summed E-state index contributed by atoms with van der Waals surface area (Å²) in [5, 5.41) is 6.46. The van der Waals surface area contributed by atoms with Crippen LogP contribution < -0.4 is 15.5 Å². The Morgan fingerprint density at radius 3 is 2.54 bits per heavy atom. The lowest BCUT2D eigenvalue weighted by molar-refractivity contribution is -0.123. The molecule has 1 aromatic heterocycles. The van der Waals surface area contributed by atoms with Crippen LogP contribution in [0, 0.1) is 0 Å². The van der Waals surface area contributed by atoms with Crippen LogP contribution in [0.2, 0.25) is 0 Å². The number of nitrogens with zero attached hydrogens (tertiary/aromatic N) is 1. The van der Waals surface area contributed by atoms with E-state index in [1.807, 2.05) is 17.5 Å². The van der Waals surface area contributed by atoms with Gasteiger partial charge >= 0.3 is 18.1 Å². The molecule has 28 heavy (non-hydrogen) atoms. The van der Waals surface area contributed by atoms with Crippen molar-refractivity contribution in [2.24, 2.45) is 0 Å². The Labute approximate surface area is 165 Å². The first-order valence-corrected chi connectivity index (χ1v) is 8.98. The molecule has 2 N–H and O–H groups in total. The molecule has 1 heterocycles. The smallest absolute Gasteiger partial charge is 0.413 e. The summed E-state index contributed by atoms with van der Waals surface area (Å²) in [5.41, 5.74) is 0.332. The van der Waals surface area contributed by atoms with Gasteiger partial charge in [0.2, 0.25) is 0 Å². The number of thiophene rings is 1. The van der Waals surface area contributed by atoms with E-state index in [0.29, 0.717) is 0 Å². The Hall–Kier alpha value is -3.40. The average molecular weight is 405 g/mol. The normalized spacial score (nSPS) is 9.93. The van der Waals surface area contributed by atoms with E-state index in [1.54, 1.807) is 12.1 Å². The minimum atomic E-state index is -0.819. The zero-order chi connectivity index (χ0) is 20.5. The van der Waals surface area contributed by atoms with E-state index >= 15 is 0 Å². The molecule has 0 spiro atoms. The van der Waals surface area contributed by atoms with Crippen LogP contribution in [0.4, 0.5) is 15.3 Å². The first-order chi connectivity index (χ1) is 13.4. The summed E-state index contributed by atoms with van der Waals surface area (Å²) in [6.07, 6.45) is -0.666. The highest BCUT2D eigenvalue weighted by molar-refractivity contribution is 7.09. The summed E-state index contributed by atoms with van der Waals surface area (Å²) in [6, 6.07) is 9.20. The highest BCUT2D eigenvalue weighted by atomic mass is 32.1. The van der Waals surface area contributed by atoms with Gasteiger partial charge in [-0.25, -0.2) is 14.4 Å². The van der Waals surface area contributed by atoms with Gasteiger partial charge in [0.05, 0.1) is 24.9 Å². The second kappa shape index (κ2) is 10.1. The van der Waals surface area contributed by atoms with Crippen molar-refractivity contribution in [3.05, 3.63) is 52.2 Å². The van der Waals surface area contributed by atoms with Crippen LogP contribution in [0.3, 0.4) is 0 Å². The summed E-state index contributed by atoms with van der Waals surface area (Å²) in [4.78, 5) is 49.5. The molecule has 4 amide bonds. The number of carbonyl (C=O) groups is 4. The Balaban J connectivity index is 1.87. The number of hydrogen-bond donors (Lipinski definition) is 2. The van der Waals surface area contributed by atoms with Crippen LogP contribution >= 0.6 is 11.3 Å². The number of urea groups is 1. The number of imide groups is 1. The maximum Gasteiger partial charge on any atom is 0.413 e. The summed E-state index contributed by atoms with van der Waals surface area (Å²) in [6.45, 7) is -0.370. The summed E-state index contributed by atoms with van der Waals surface area (Å²) < 4.78 is 9.56. The van der Waals surface area contributed by atoms with Gasteiger partial charge in [-0.2, -0.15) is 0 Å². The SMILES string of the molecule is COC(=O)N(C)c1ccccc1C(=O)OCC(=O)NC(=O)NCc1cccs1. The van der Waals surface area contributed by atoms with E-state index in [1.165, 1.54) is 37.6 Å². The van der Waals surface area contributed by atoms with Crippen LogP contribution in [0.25, 0.3) is 0 Å². The highest BCUT2D eigenvalue weighted by Gasteiger charge is 2.20. The number of amides is 4. The lowest BCUT2D eigenvalue weighted by Gasteiger charge is -2.18. The van der Waals surface area contributed by atoms with E-state index in [0.717, 1.165) is 9.78 Å². The van der Waals surface area contributed by atoms with Crippen molar-refractivity contribution < 1.29 is 28.7 Å². The molecule has 148 valence electrons.